The first-order chi connectivity index (χ1) is 16.1. The summed E-state index contributed by atoms with van der Waals surface area (Å²) in [5.74, 6) is -0.00772. The van der Waals surface area contributed by atoms with Gasteiger partial charge >= 0.3 is 0 Å². The van der Waals surface area contributed by atoms with Crippen LogP contribution < -0.4 is 16.2 Å². The van der Waals surface area contributed by atoms with Crippen LogP contribution in [0.2, 0.25) is 0 Å². The van der Waals surface area contributed by atoms with E-state index in [-0.39, 0.29) is 23.8 Å². The first-order valence-corrected chi connectivity index (χ1v) is 10.8. The summed E-state index contributed by atoms with van der Waals surface area (Å²) >= 11 is 0. The first-order valence-electron chi connectivity index (χ1n) is 10.8. The lowest BCUT2D eigenvalue weighted by Gasteiger charge is -2.19. The minimum atomic E-state index is -0.593. The van der Waals surface area contributed by atoms with Crippen LogP contribution in [0.5, 0.6) is 0 Å². The summed E-state index contributed by atoms with van der Waals surface area (Å²) in [5, 5.41) is 6.35. The molecule has 33 heavy (non-hydrogen) atoms. The van der Waals surface area contributed by atoms with Crippen molar-refractivity contribution in [3.8, 4) is 5.69 Å². The summed E-state index contributed by atoms with van der Waals surface area (Å²) in [4.78, 5) is 43.7. The maximum Gasteiger partial charge on any atom is 0.266 e. The standard InChI is InChI=1S/C26H22N4O3/c31-23(27-16-17-8-2-1-3-9-17)15-14-21-24-28-20-12-6-4-10-18(20)26(33)30(24)22-13-7-5-11-19(22)25(32)29-21/h1-13,21H,14-16H2,(H,27,31)(H,29,32)/t21-/m0/s1. The van der Waals surface area contributed by atoms with Gasteiger partial charge in [0.15, 0.2) is 0 Å². The number of aromatic nitrogens is 2. The molecule has 2 N–H and O–H groups in total. The Labute approximate surface area is 190 Å². The molecule has 0 saturated carbocycles. The second-order valence-electron chi connectivity index (χ2n) is 7.97. The topological polar surface area (TPSA) is 93.1 Å². The van der Waals surface area contributed by atoms with Crippen molar-refractivity contribution >= 4 is 22.7 Å². The van der Waals surface area contributed by atoms with E-state index >= 15 is 0 Å². The third kappa shape index (κ3) is 4.01. The molecule has 4 aromatic rings. The van der Waals surface area contributed by atoms with Crippen LogP contribution in [0.4, 0.5) is 0 Å². The molecule has 3 aromatic carbocycles. The fourth-order valence-corrected chi connectivity index (χ4v) is 4.14. The van der Waals surface area contributed by atoms with Gasteiger partial charge in [0.25, 0.3) is 11.5 Å². The number of benzene rings is 3. The Morgan fingerprint density at radius 1 is 0.939 bits per heavy atom. The van der Waals surface area contributed by atoms with E-state index in [0.29, 0.717) is 40.9 Å². The monoisotopic (exact) mass is 438 g/mol. The normalized spacial score (nSPS) is 14.7. The summed E-state index contributed by atoms with van der Waals surface area (Å²) < 4.78 is 1.50. The van der Waals surface area contributed by atoms with Gasteiger partial charge in [0.2, 0.25) is 5.91 Å². The number of para-hydroxylation sites is 2. The first kappa shape index (κ1) is 20.6. The number of amides is 2. The molecule has 0 saturated heterocycles. The SMILES string of the molecule is O=C(CC[C@@H]1NC(=O)c2ccccc2-n2c1nc1ccccc1c2=O)NCc1ccccc1. The van der Waals surface area contributed by atoms with E-state index < -0.39 is 6.04 Å². The Bertz CT molecular complexity index is 1410. The molecule has 1 aliphatic heterocycles. The average Bonchev–Trinajstić information content (AvgIpc) is 2.97. The molecule has 2 heterocycles. The lowest BCUT2D eigenvalue weighted by Crippen LogP contribution is -2.32. The molecule has 0 fully saturated rings. The highest BCUT2D eigenvalue weighted by Gasteiger charge is 2.29. The van der Waals surface area contributed by atoms with Gasteiger partial charge in [0.05, 0.1) is 28.2 Å². The van der Waals surface area contributed by atoms with Crippen molar-refractivity contribution in [2.45, 2.75) is 25.4 Å². The Balaban J connectivity index is 1.47. The highest BCUT2D eigenvalue weighted by Crippen LogP contribution is 2.27. The molecule has 164 valence electrons. The molecule has 1 aliphatic rings. The molecular formula is C26H22N4O3. The largest absolute Gasteiger partial charge is 0.352 e. The van der Waals surface area contributed by atoms with Gasteiger partial charge in [0, 0.05) is 13.0 Å². The van der Waals surface area contributed by atoms with Crippen LogP contribution in [-0.4, -0.2) is 21.4 Å². The van der Waals surface area contributed by atoms with E-state index in [0.717, 1.165) is 5.56 Å². The number of rotatable bonds is 5. The minimum Gasteiger partial charge on any atom is -0.352 e. The van der Waals surface area contributed by atoms with Crippen molar-refractivity contribution in [3.05, 3.63) is 106 Å². The van der Waals surface area contributed by atoms with Gasteiger partial charge < -0.3 is 10.6 Å². The number of fused-ring (bicyclic) bond motifs is 4. The second-order valence-corrected chi connectivity index (χ2v) is 7.97. The maximum atomic E-state index is 13.4. The molecule has 0 spiro atoms. The summed E-state index contributed by atoms with van der Waals surface area (Å²) in [5.41, 5.74) is 2.21. The van der Waals surface area contributed by atoms with Crippen LogP contribution in [0.25, 0.3) is 16.6 Å². The van der Waals surface area contributed by atoms with Crippen molar-refractivity contribution < 1.29 is 9.59 Å². The van der Waals surface area contributed by atoms with E-state index in [1.54, 1.807) is 42.5 Å². The van der Waals surface area contributed by atoms with Crippen molar-refractivity contribution in [3.63, 3.8) is 0 Å². The molecule has 7 heteroatoms. The molecule has 0 bridgehead atoms. The number of nitrogens with zero attached hydrogens (tertiary/aromatic N) is 2. The lowest BCUT2D eigenvalue weighted by molar-refractivity contribution is -0.121. The van der Waals surface area contributed by atoms with Gasteiger partial charge in [-0.25, -0.2) is 4.98 Å². The number of carbonyl (C=O) groups excluding carboxylic acids is 2. The Kier molecular flexibility index (Phi) is 5.44. The van der Waals surface area contributed by atoms with Crippen molar-refractivity contribution in [2.24, 2.45) is 0 Å². The van der Waals surface area contributed by atoms with Crippen LogP contribution in [0, 0.1) is 0 Å². The van der Waals surface area contributed by atoms with Gasteiger partial charge in [0.1, 0.15) is 5.82 Å². The second kappa shape index (κ2) is 8.70. The zero-order valence-corrected chi connectivity index (χ0v) is 17.8. The molecule has 7 nitrogen and oxygen atoms in total. The summed E-state index contributed by atoms with van der Waals surface area (Å²) in [6.45, 7) is 0.432. The smallest absolute Gasteiger partial charge is 0.266 e. The number of hydrogen-bond acceptors (Lipinski definition) is 4. The molecule has 2 amide bonds. The van der Waals surface area contributed by atoms with Crippen molar-refractivity contribution in [2.75, 3.05) is 0 Å². The Morgan fingerprint density at radius 3 is 2.52 bits per heavy atom. The average molecular weight is 438 g/mol. The van der Waals surface area contributed by atoms with Crippen LogP contribution >= 0.6 is 0 Å². The molecule has 1 aromatic heterocycles. The molecule has 0 aliphatic carbocycles. The van der Waals surface area contributed by atoms with Gasteiger partial charge in [-0.05, 0) is 36.2 Å². The predicted molar refractivity (Wildman–Crippen MR) is 125 cm³/mol. The van der Waals surface area contributed by atoms with E-state index in [1.165, 1.54) is 4.57 Å². The third-order valence-electron chi connectivity index (χ3n) is 5.80. The van der Waals surface area contributed by atoms with Gasteiger partial charge in [-0.3, -0.25) is 19.0 Å². The molecule has 5 rings (SSSR count). The summed E-state index contributed by atoms with van der Waals surface area (Å²) in [7, 11) is 0. The lowest BCUT2D eigenvalue weighted by atomic mass is 10.1. The van der Waals surface area contributed by atoms with Gasteiger partial charge in [-0.1, -0.05) is 54.6 Å². The quantitative estimate of drug-likeness (QED) is 0.500. The van der Waals surface area contributed by atoms with Crippen molar-refractivity contribution in [1.29, 1.82) is 0 Å². The molecule has 0 radical (unpaired) electrons. The highest BCUT2D eigenvalue weighted by molar-refractivity contribution is 5.98. The van der Waals surface area contributed by atoms with E-state index in [4.69, 9.17) is 4.98 Å². The number of nitrogens with one attached hydrogen (secondary N) is 2. The van der Waals surface area contributed by atoms with Crippen molar-refractivity contribution in [1.82, 2.24) is 20.2 Å². The zero-order chi connectivity index (χ0) is 22.8. The zero-order valence-electron chi connectivity index (χ0n) is 17.8. The van der Waals surface area contributed by atoms with Crippen LogP contribution in [0.15, 0.2) is 83.7 Å². The fraction of sp³-hybridized carbons (Fsp3) is 0.154. The predicted octanol–water partition coefficient (Wildman–Crippen LogP) is 3.27. The highest BCUT2D eigenvalue weighted by atomic mass is 16.2. The number of carbonyl (C=O) groups is 2. The molecular weight excluding hydrogens is 416 g/mol. The molecule has 1 atom stereocenters. The maximum absolute atomic E-state index is 13.4. The molecule has 0 unspecified atom stereocenters. The van der Waals surface area contributed by atoms with Crippen LogP contribution in [0.3, 0.4) is 0 Å². The van der Waals surface area contributed by atoms with E-state index in [2.05, 4.69) is 10.6 Å². The van der Waals surface area contributed by atoms with Gasteiger partial charge in [-0.15, -0.1) is 0 Å². The third-order valence-corrected chi connectivity index (χ3v) is 5.80. The summed E-state index contributed by atoms with van der Waals surface area (Å²) in [6, 6.07) is 23.2. The summed E-state index contributed by atoms with van der Waals surface area (Å²) in [6.07, 6.45) is 0.488. The Hall–Kier alpha value is -4.26. The number of hydrogen-bond donors (Lipinski definition) is 2. The van der Waals surface area contributed by atoms with E-state index in [9.17, 15) is 14.4 Å². The van der Waals surface area contributed by atoms with E-state index in [1.807, 2.05) is 36.4 Å². The van der Waals surface area contributed by atoms with Crippen LogP contribution in [-0.2, 0) is 11.3 Å². The van der Waals surface area contributed by atoms with Gasteiger partial charge in [-0.2, -0.15) is 0 Å². The van der Waals surface area contributed by atoms with Crippen LogP contribution in [0.1, 0.15) is 40.6 Å². The Morgan fingerprint density at radius 2 is 1.67 bits per heavy atom. The minimum absolute atomic E-state index is 0.135. The fourth-order valence-electron chi connectivity index (χ4n) is 4.14.